The zero-order chi connectivity index (χ0) is 15.8. The van der Waals surface area contributed by atoms with Gasteiger partial charge in [0.25, 0.3) is 5.91 Å². The lowest BCUT2D eigenvalue weighted by atomic mass is 9.98. The summed E-state index contributed by atoms with van der Waals surface area (Å²) in [7, 11) is 0. The van der Waals surface area contributed by atoms with Gasteiger partial charge in [-0.25, -0.2) is 0 Å². The molecule has 0 aromatic heterocycles. The van der Waals surface area contributed by atoms with Crippen LogP contribution in [0.4, 0.5) is 0 Å². The molecule has 5 heteroatoms. The van der Waals surface area contributed by atoms with Crippen LogP contribution in [0.5, 0.6) is 11.5 Å². The molecule has 0 bridgehead atoms. The summed E-state index contributed by atoms with van der Waals surface area (Å²) in [6.07, 6.45) is 0.974. The van der Waals surface area contributed by atoms with Crippen molar-refractivity contribution in [3.8, 4) is 11.5 Å². The summed E-state index contributed by atoms with van der Waals surface area (Å²) in [6, 6.07) is 13.6. The molecule has 2 aliphatic rings. The van der Waals surface area contributed by atoms with Crippen LogP contribution in [0.2, 0.25) is 0 Å². The van der Waals surface area contributed by atoms with Crippen LogP contribution in [0.15, 0.2) is 46.9 Å². The van der Waals surface area contributed by atoms with Gasteiger partial charge in [0, 0.05) is 29.0 Å². The minimum absolute atomic E-state index is 0.0979. The normalized spacial score (nSPS) is 19.2. The van der Waals surface area contributed by atoms with E-state index in [9.17, 15) is 4.79 Å². The third-order valence-corrected chi connectivity index (χ3v) is 4.96. The molecule has 0 saturated carbocycles. The third kappa shape index (κ3) is 2.81. The van der Waals surface area contributed by atoms with E-state index in [4.69, 9.17) is 9.47 Å². The molecule has 2 aromatic rings. The maximum absolute atomic E-state index is 12.6. The molecular formula is C18H16BrNO3. The molecule has 1 amide bonds. The first-order valence-electron chi connectivity index (χ1n) is 7.65. The fraction of sp³-hybridized carbons (Fsp3) is 0.278. The van der Waals surface area contributed by atoms with Crippen LogP contribution in [-0.2, 0) is 0 Å². The molecule has 1 unspecified atom stereocenters. The number of carbonyl (C=O) groups excluding carboxylic acids is 1. The highest BCUT2D eigenvalue weighted by molar-refractivity contribution is 9.10. The number of likely N-dealkylation sites (tertiary alicyclic amines) is 1. The molecule has 2 heterocycles. The zero-order valence-electron chi connectivity index (χ0n) is 12.5. The van der Waals surface area contributed by atoms with Gasteiger partial charge >= 0.3 is 0 Å². The van der Waals surface area contributed by atoms with Crippen LogP contribution in [0.3, 0.4) is 0 Å². The lowest BCUT2D eigenvalue weighted by Crippen LogP contribution is -2.28. The molecule has 0 radical (unpaired) electrons. The number of carbonyl (C=O) groups is 1. The smallest absolute Gasteiger partial charge is 0.253 e. The number of benzene rings is 2. The van der Waals surface area contributed by atoms with E-state index < -0.39 is 0 Å². The second kappa shape index (κ2) is 5.89. The summed E-state index contributed by atoms with van der Waals surface area (Å²) in [5.74, 6) is 2.05. The Bertz CT molecular complexity index is 744. The number of hydrogen-bond acceptors (Lipinski definition) is 3. The average Bonchev–Trinajstić information content (AvgIpc) is 3.23. The van der Waals surface area contributed by atoms with Gasteiger partial charge in [-0.05, 0) is 48.4 Å². The van der Waals surface area contributed by atoms with Crippen molar-refractivity contribution < 1.29 is 14.3 Å². The van der Waals surface area contributed by atoms with Crippen molar-refractivity contribution in [2.45, 2.75) is 12.3 Å². The summed E-state index contributed by atoms with van der Waals surface area (Å²) in [5.41, 5.74) is 1.94. The highest BCUT2D eigenvalue weighted by atomic mass is 79.9. The van der Waals surface area contributed by atoms with Crippen LogP contribution in [0.1, 0.15) is 28.3 Å². The Morgan fingerprint density at radius 3 is 2.70 bits per heavy atom. The number of hydrogen-bond donors (Lipinski definition) is 0. The number of nitrogens with zero attached hydrogens (tertiary/aromatic N) is 1. The third-order valence-electron chi connectivity index (χ3n) is 4.43. The first kappa shape index (κ1) is 14.6. The predicted molar refractivity (Wildman–Crippen MR) is 90.0 cm³/mol. The maximum atomic E-state index is 12.6. The highest BCUT2D eigenvalue weighted by Crippen LogP contribution is 2.37. The minimum Gasteiger partial charge on any atom is -0.454 e. The molecule has 1 fully saturated rings. The summed E-state index contributed by atoms with van der Waals surface area (Å²) in [4.78, 5) is 14.5. The molecule has 0 aliphatic carbocycles. The molecule has 23 heavy (non-hydrogen) atoms. The number of halogens is 1. The SMILES string of the molecule is O=C(c1ccc(Br)cc1)N1CCC(c2ccc3c(c2)OCO3)C1. The van der Waals surface area contributed by atoms with E-state index in [0.29, 0.717) is 5.92 Å². The summed E-state index contributed by atoms with van der Waals surface area (Å²) < 4.78 is 11.8. The van der Waals surface area contributed by atoms with Gasteiger partial charge in [0.15, 0.2) is 11.5 Å². The first-order valence-corrected chi connectivity index (χ1v) is 8.44. The van der Waals surface area contributed by atoms with E-state index in [-0.39, 0.29) is 12.7 Å². The van der Waals surface area contributed by atoms with Gasteiger partial charge in [-0.15, -0.1) is 0 Å². The van der Waals surface area contributed by atoms with Gasteiger partial charge in [-0.2, -0.15) is 0 Å². The van der Waals surface area contributed by atoms with E-state index in [1.807, 2.05) is 41.3 Å². The van der Waals surface area contributed by atoms with Crippen LogP contribution in [0.25, 0.3) is 0 Å². The van der Waals surface area contributed by atoms with Gasteiger partial charge in [0.05, 0.1) is 0 Å². The largest absolute Gasteiger partial charge is 0.454 e. The van der Waals surface area contributed by atoms with Gasteiger partial charge in [-0.3, -0.25) is 4.79 Å². The lowest BCUT2D eigenvalue weighted by Gasteiger charge is -2.17. The second-order valence-electron chi connectivity index (χ2n) is 5.86. The standard InChI is InChI=1S/C18H16BrNO3/c19-15-4-1-12(2-5-15)18(21)20-8-7-14(10-20)13-3-6-16-17(9-13)23-11-22-16/h1-6,9,14H,7-8,10-11H2. The Hall–Kier alpha value is -2.01. The maximum Gasteiger partial charge on any atom is 0.253 e. The van der Waals surface area contributed by atoms with Crippen molar-refractivity contribution in [2.75, 3.05) is 19.9 Å². The number of fused-ring (bicyclic) bond motifs is 1. The van der Waals surface area contributed by atoms with E-state index in [1.54, 1.807) is 0 Å². The van der Waals surface area contributed by atoms with Crippen molar-refractivity contribution in [3.05, 3.63) is 58.1 Å². The molecule has 2 aliphatic heterocycles. The predicted octanol–water partition coefficient (Wildman–Crippen LogP) is 3.81. The van der Waals surface area contributed by atoms with Crippen LogP contribution < -0.4 is 9.47 Å². The molecule has 1 atom stereocenters. The van der Waals surface area contributed by atoms with E-state index in [2.05, 4.69) is 22.0 Å². The molecule has 0 N–H and O–H groups in total. The molecule has 1 saturated heterocycles. The molecule has 0 spiro atoms. The summed E-state index contributed by atoms with van der Waals surface area (Å²) in [6.45, 7) is 1.82. The molecular weight excluding hydrogens is 358 g/mol. The summed E-state index contributed by atoms with van der Waals surface area (Å²) in [5, 5.41) is 0. The minimum atomic E-state index is 0.0979. The topological polar surface area (TPSA) is 38.8 Å². The van der Waals surface area contributed by atoms with Crippen LogP contribution in [-0.4, -0.2) is 30.7 Å². The van der Waals surface area contributed by atoms with E-state index in [1.165, 1.54) is 5.56 Å². The van der Waals surface area contributed by atoms with Gasteiger partial charge in [-0.1, -0.05) is 22.0 Å². The Morgan fingerprint density at radius 1 is 1.09 bits per heavy atom. The van der Waals surface area contributed by atoms with E-state index >= 15 is 0 Å². The Kier molecular flexibility index (Phi) is 3.73. The zero-order valence-corrected chi connectivity index (χ0v) is 14.1. The van der Waals surface area contributed by atoms with Crippen molar-refractivity contribution >= 4 is 21.8 Å². The van der Waals surface area contributed by atoms with Gasteiger partial charge < -0.3 is 14.4 Å². The molecule has 2 aromatic carbocycles. The number of ether oxygens (including phenoxy) is 2. The molecule has 4 nitrogen and oxygen atoms in total. The monoisotopic (exact) mass is 373 g/mol. The van der Waals surface area contributed by atoms with Crippen LogP contribution >= 0.6 is 15.9 Å². The van der Waals surface area contributed by atoms with Crippen molar-refractivity contribution in [3.63, 3.8) is 0 Å². The second-order valence-corrected chi connectivity index (χ2v) is 6.77. The Labute approximate surface area is 143 Å². The molecule has 4 rings (SSSR count). The quantitative estimate of drug-likeness (QED) is 0.803. The number of amides is 1. The van der Waals surface area contributed by atoms with E-state index in [0.717, 1.165) is 41.0 Å². The van der Waals surface area contributed by atoms with Crippen molar-refractivity contribution in [1.82, 2.24) is 4.90 Å². The Morgan fingerprint density at radius 2 is 1.87 bits per heavy atom. The fourth-order valence-electron chi connectivity index (χ4n) is 3.16. The fourth-order valence-corrected chi connectivity index (χ4v) is 3.42. The van der Waals surface area contributed by atoms with Crippen molar-refractivity contribution in [2.24, 2.45) is 0 Å². The van der Waals surface area contributed by atoms with Crippen LogP contribution in [0, 0.1) is 0 Å². The lowest BCUT2D eigenvalue weighted by molar-refractivity contribution is 0.0791. The Balaban J connectivity index is 1.48. The van der Waals surface area contributed by atoms with Crippen molar-refractivity contribution in [1.29, 1.82) is 0 Å². The van der Waals surface area contributed by atoms with Gasteiger partial charge in [0.2, 0.25) is 6.79 Å². The number of rotatable bonds is 2. The average molecular weight is 374 g/mol. The summed E-state index contributed by atoms with van der Waals surface area (Å²) >= 11 is 3.40. The highest BCUT2D eigenvalue weighted by Gasteiger charge is 2.29. The van der Waals surface area contributed by atoms with Gasteiger partial charge in [0.1, 0.15) is 0 Å². The first-order chi connectivity index (χ1) is 11.2. The molecule has 118 valence electrons.